The van der Waals surface area contributed by atoms with Crippen LogP contribution in [0.4, 0.5) is 0 Å². The van der Waals surface area contributed by atoms with Gasteiger partial charge >= 0.3 is 5.97 Å². The van der Waals surface area contributed by atoms with Gasteiger partial charge in [0.2, 0.25) is 0 Å². The van der Waals surface area contributed by atoms with Gasteiger partial charge in [0.25, 0.3) is 5.91 Å². The summed E-state index contributed by atoms with van der Waals surface area (Å²) in [6.07, 6.45) is 0. The van der Waals surface area contributed by atoms with Crippen LogP contribution in [-0.2, 0) is 11.3 Å². The molecule has 1 aliphatic rings. The maximum Gasteiger partial charge on any atom is 0.337 e. The van der Waals surface area contributed by atoms with Gasteiger partial charge in [0.05, 0.1) is 12.7 Å². The average Bonchev–Trinajstić information content (AvgIpc) is 2.64. The van der Waals surface area contributed by atoms with Crippen molar-refractivity contribution in [1.82, 2.24) is 4.90 Å². The van der Waals surface area contributed by atoms with E-state index in [0.717, 1.165) is 5.56 Å². The molecule has 0 saturated carbocycles. The topological polar surface area (TPSA) is 46.6 Å². The van der Waals surface area contributed by atoms with Gasteiger partial charge in [-0.25, -0.2) is 4.79 Å². The Morgan fingerprint density at radius 2 is 2.25 bits per heavy atom. The Morgan fingerprint density at radius 1 is 1.50 bits per heavy atom. The molecule has 2 rings (SSSR count). The molecule has 1 aliphatic heterocycles. The third-order valence-electron chi connectivity index (χ3n) is 2.79. The average molecular weight is 219 g/mol. The van der Waals surface area contributed by atoms with Crippen molar-refractivity contribution in [2.45, 2.75) is 13.5 Å². The van der Waals surface area contributed by atoms with Crippen LogP contribution in [0.25, 0.3) is 0 Å². The Balaban J connectivity index is 2.37. The summed E-state index contributed by atoms with van der Waals surface area (Å²) in [6.45, 7) is 3.20. The first-order chi connectivity index (χ1) is 7.67. The van der Waals surface area contributed by atoms with Crippen molar-refractivity contribution in [1.29, 1.82) is 0 Å². The fourth-order valence-electron chi connectivity index (χ4n) is 1.88. The molecule has 1 amide bonds. The molecule has 0 fully saturated rings. The highest BCUT2D eigenvalue weighted by molar-refractivity contribution is 6.00. The molecule has 0 spiro atoms. The second-order valence-electron chi connectivity index (χ2n) is 3.68. The van der Waals surface area contributed by atoms with Crippen LogP contribution in [0.3, 0.4) is 0 Å². The van der Waals surface area contributed by atoms with E-state index < -0.39 is 0 Å². The largest absolute Gasteiger partial charge is 0.465 e. The number of amides is 1. The first kappa shape index (κ1) is 10.7. The van der Waals surface area contributed by atoms with E-state index in [1.807, 2.05) is 6.92 Å². The highest BCUT2D eigenvalue weighted by Crippen LogP contribution is 2.23. The van der Waals surface area contributed by atoms with Crippen LogP contribution in [0, 0.1) is 0 Å². The van der Waals surface area contributed by atoms with Gasteiger partial charge in [0, 0.05) is 18.7 Å². The minimum Gasteiger partial charge on any atom is -0.465 e. The molecule has 1 heterocycles. The first-order valence-corrected chi connectivity index (χ1v) is 5.18. The predicted molar refractivity (Wildman–Crippen MR) is 58.2 cm³/mol. The van der Waals surface area contributed by atoms with E-state index in [1.54, 1.807) is 23.1 Å². The Hall–Kier alpha value is -1.84. The summed E-state index contributed by atoms with van der Waals surface area (Å²) in [7, 11) is 1.35. The number of nitrogens with zero attached hydrogens (tertiary/aromatic N) is 1. The summed E-state index contributed by atoms with van der Waals surface area (Å²) in [5.74, 6) is -0.334. The van der Waals surface area contributed by atoms with Gasteiger partial charge < -0.3 is 9.64 Å². The number of benzene rings is 1. The number of fused-ring (bicyclic) bond motifs is 1. The quantitative estimate of drug-likeness (QED) is 0.707. The second-order valence-corrected chi connectivity index (χ2v) is 3.68. The highest BCUT2D eigenvalue weighted by Gasteiger charge is 2.26. The van der Waals surface area contributed by atoms with Crippen molar-refractivity contribution >= 4 is 11.9 Å². The lowest BCUT2D eigenvalue weighted by Crippen LogP contribution is -2.22. The van der Waals surface area contributed by atoms with E-state index >= 15 is 0 Å². The molecule has 0 N–H and O–H groups in total. The van der Waals surface area contributed by atoms with Crippen LogP contribution in [0.15, 0.2) is 18.2 Å². The summed E-state index contributed by atoms with van der Waals surface area (Å²) in [5.41, 5.74) is 2.08. The number of methoxy groups -OCH3 is 1. The third-order valence-corrected chi connectivity index (χ3v) is 2.79. The van der Waals surface area contributed by atoms with Gasteiger partial charge in [-0.1, -0.05) is 0 Å². The molecule has 0 atom stereocenters. The van der Waals surface area contributed by atoms with E-state index in [-0.39, 0.29) is 11.9 Å². The highest BCUT2D eigenvalue weighted by atomic mass is 16.5. The fraction of sp³-hybridized carbons (Fsp3) is 0.333. The van der Waals surface area contributed by atoms with Crippen LogP contribution in [0.5, 0.6) is 0 Å². The maximum atomic E-state index is 11.8. The number of hydrogen-bond donors (Lipinski definition) is 0. The van der Waals surface area contributed by atoms with Crippen molar-refractivity contribution in [3.05, 3.63) is 34.9 Å². The lowest BCUT2D eigenvalue weighted by atomic mass is 10.1. The lowest BCUT2D eigenvalue weighted by molar-refractivity contribution is 0.0600. The number of carbonyl (C=O) groups is 2. The molecular formula is C12H13NO3. The van der Waals surface area contributed by atoms with E-state index in [4.69, 9.17) is 0 Å². The molecule has 0 radical (unpaired) electrons. The van der Waals surface area contributed by atoms with Crippen LogP contribution < -0.4 is 0 Å². The minimum absolute atomic E-state index is 0.0360. The van der Waals surface area contributed by atoms with E-state index in [9.17, 15) is 9.59 Å². The summed E-state index contributed by atoms with van der Waals surface area (Å²) in [5, 5.41) is 0. The summed E-state index contributed by atoms with van der Waals surface area (Å²) >= 11 is 0. The van der Waals surface area contributed by atoms with Gasteiger partial charge in [-0.3, -0.25) is 4.79 Å². The van der Waals surface area contributed by atoms with E-state index in [1.165, 1.54) is 7.11 Å². The van der Waals surface area contributed by atoms with Gasteiger partial charge in [-0.15, -0.1) is 0 Å². The zero-order chi connectivity index (χ0) is 11.7. The third kappa shape index (κ3) is 1.56. The van der Waals surface area contributed by atoms with Gasteiger partial charge in [0.1, 0.15) is 0 Å². The molecule has 0 aliphatic carbocycles. The van der Waals surface area contributed by atoms with Crippen molar-refractivity contribution in [3.8, 4) is 0 Å². The summed E-state index contributed by atoms with van der Waals surface area (Å²) in [6, 6.07) is 5.05. The monoisotopic (exact) mass is 219 g/mol. The van der Waals surface area contributed by atoms with Crippen molar-refractivity contribution in [2.75, 3.05) is 13.7 Å². The Labute approximate surface area is 93.8 Å². The molecule has 0 aromatic heterocycles. The van der Waals surface area contributed by atoms with Crippen LogP contribution in [0.1, 0.15) is 33.2 Å². The maximum absolute atomic E-state index is 11.8. The molecule has 4 heteroatoms. The molecule has 84 valence electrons. The molecule has 1 aromatic carbocycles. The number of esters is 1. The normalized spacial score (nSPS) is 13.9. The molecule has 0 saturated heterocycles. The molecule has 4 nitrogen and oxygen atoms in total. The fourth-order valence-corrected chi connectivity index (χ4v) is 1.88. The van der Waals surface area contributed by atoms with Crippen LogP contribution in [0.2, 0.25) is 0 Å². The van der Waals surface area contributed by atoms with E-state index in [0.29, 0.717) is 24.2 Å². The smallest absolute Gasteiger partial charge is 0.337 e. The van der Waals surface area contributed by atoms with Crippen LogP contribution >= 0.6 is 0 Å². The molecule has 0 bridgehead atoms. The zero-order valence-electron chi connectivity index (χ0n) is 9.32. The number of rotatable bonds is 2. The first-order valence-electron chi connectivity index (χ1n) is 5.18. The van der Waals surface area contributed by atoms with Gasteiger partial charge in [-0.2, -0.15) is 0 Å². The SMILES string of the molecule is CCN1Cc2cc(C(=O)OC)ccc2C1=O. The molecular weight excluding hydrogens is 206 g/mol. The Bertz CT molecular complexity index is 454. The lowest BCUT2D eigenvalue weighted by Gasteiger charge is -2.10. The Morgan fingerprint density at radius 3 is 2.88 bits per heavy atom. The number of carbonyl (C=O) groups excluding carboxylic acids is 2. The molecule has 16 heavy (non-hydrogen) atoms. The van der Waals surface area contributed by atoms with Gasteiger partial charge in [0.15, 0.2) is 0 Å². The molecule has 1 aromatic rings. The van der Waals surface area contributed by atoms with Crippen molar-refractivity contribution in [2.24, 2.45) is 0 Å². The number of hydrogen-bond acceptors (Lipinski definition) is 3. The minimum atomic E-state index is -0.370. The standard InChI is InChI=1S/C12H13NO3/c1-3-13-7-9-6-8(12(15)16-2)4-5-10(9)11(13)14/h4-6H,3,7H2,1-2H3. The molecule has 0 unspecified atom stereocenters. The van der Waals surface area contributed by atoms with Gasteiger partial charge in [-0.05, 0) is 30.7 Å². The summed E-state index contributed by atoms with van der Waals surface area (Å²) < 4.78 is 4.64. The van der Waals surface area contributed by atoms with Crippen molar-refractivity contribution < 1.29 is 14.3 Å². The summed E-state index contributed by atoms with van der Waals surface area (Å²) in [4.78, 5) is 24.9. The van der Waals surface area contributed by atoms with Crippen molar-refractivity contribution in [3.63, 3.8) is 0 Å². The number of ether oxygens (including phenoxy) is 1. The van der Waals surface area contributed by atoms with E-state index in [2.05, 4.69) is 4.74 Å². The van der Waals surface area contributed by atoms with Crippen LogP contribution in [-0.4, -0.2) is 30.4 Å². The Kier molecular flexibility index (Phi) is 2.64. The zero-order valence-corrected chi connectivity index (χ0v) is 9.32. The predicted octanol–water partition coefficient (Wildman–Crippen LogP) is 1.45. The second kappa shape index (κ2) is 3.96.